The van der Waals surface area contributed by atoms with E-state index in [9.17, 15) is 5.11 Å². The van der Waals surface area contributed by atoms with Gasteiger partial charge < -0.3 is 5.11 Å². The topological polar surface area (TPSA) is 33.1 Å². The molecule has 2 nitrogen and oxygen atoms in total. The lowest BCUT2D eigenvalue weighted by Gasteiger charge is -2.23. The van der Waals surface area contributed by atoms with Crippen molar-refractivity contribution in [2.45, 2.75) is 38.7 Å². The molecule has 2 atom stereocenters. The van der Waals surface area contributed by atoms with Crippen LogP contribution >= 0.6 is 0 Å². The van der Waals surface area contributed by atoms with Crippen molar-refractivity contribution < 1.29 is 5.11 Å². The molecule has 1 aliphatic carbocycles. The SMILES string of the molecule is CC1(Cc2cccnc2)CCC(O)C1. The van der Waals surface area contributed by atoms with Gasteiger partial charge in [0.1, 0.15) is 0 Å². The van der Waals surface area contributed by atoms with Crippen LogP contribution in [0.4, 0.5) is 0 Å². The Bertz CT molecular complexity index is 298. The highest BCUT2D eigenvalue weighted by Gasteiger charge is 2.33. The Morgan fingerprint density at radius 3 is 3.07 bits per heavy atom. The van der Waals surface area contributed by atoms with E-state index in [0.29, 0.717) is 0 Å². The standard InChI is InChI=1S/C12H17NO/c1-12(5-4-11(14)8-12)7-10-3-2-6-13-9-10/h2-3,6,9,11,14H,4-5,7-8H2,1H3. The Hall–Kier alpha value is -0.890. The molecule has 0 spiro atoms. The number of hydrogen-bond acceptors (Lipinski definition) is 2. The maximum absolute atomic E-state index is 9.53. The van der Waals surface area contributed by atoms with Gasteiger partial charge >= 0.3 is 0 Å². The second-order valence-corrected chi connectivity index (χ2v) is 4.75. The van der Waals surface area contributed by atoms with E-state index in [4.69, 9.17) is 0 Å². The molecule has 0 aromatic carbocycles. The molecule has 1 saturated carbocycles. The molecule has 76 valence electrons. The number of nitrogens with zero attached hydrogens (tertiary/aromatic N) is 1. The van der Waals surface area contributed by atoms with Crippen molar-refractivity contribution in [3.63, 3.8) is 0 Å². The molecule has 14 heavy (non-hydrogen) atoms. The van der Waals surface area contributed by atoms with Crippen molar-refractivity contribution in [1.82, 2.24) is 4.98 Å². The van der Waals surface area contributed by atoms with Gasteiger partial charge in [0.15, 0.2) is 0 Å². The lowest BCUT2D eigenvalue weighted by atomic mass is 9.82. The first-order valence-electron chi connectivity index (χ1n) is 5.25. The molecule has 1 fully saturated rings. The van der Waals surface area contributed by atoms with Crippen LogP contribution in [0.2, 0.25) is 0 Å². The summed E-state index contributed by atoms with van der Waals surface area (Å²) in [7, 11) is 0. The number of hydrogen-bond donors (Lipinski definition) is 1. The molecular formula is C12H17NO. The highest BCUT2D eigenvalue weighted by molar-refractivity contribution is 5.11. The molecule has 1 aliphatic rings. The highest BCUT2D eigenvalue weighted by Crippen LogP contribution is 2.40. The van der Waals surface area contributed by atoms with Crippen molar-refractivity contribution in [2.75, 3.05) is 0 Å². The minimum Gasteiger partial charge on any atom is -0.393 e. The van der Waals surface area contributed by atoms with Gasteiger partial charge in [0.25, 0.3) is 0 Å². The maximum atomic E-state index is 9.53. The molecule has 2 rings (SSSR count). The first-order valence-corrected chi connectivity index (χ1v) is 5.25. The summed E-state index contributed by atoms with van der Waals surface area (Å²) in [5.41, 5.74) is 1.56. The number of pyridine rings is 1. The van der Waals surface area contributed by atoms with Gasteiger partial charge in [-0.25, -0.2) is 0 Å². The van der Waals surface area contributed by atoms with E-state index >= 15 is 0 Å². The van der Waals surface area contributed by atoms with Gasteiger partial charge in [0.2, 0.25) is 0 Å². The fraction of sp³-hybridized carbons (Fsp3) is 0.583. The molecule has 2 unspecified atom stereocenters. The van der Waals surface area contributed by atoms with Crippen LogP contribution in [0.15, 0.2) is 24.5 Å². The average Bonchev–Trinajstić information content (AvgIpc) is 2.47. The molecule has 0 saturated heterocycles. The third-order valence-corrected chi connectivity index (χ3v) is 3.16. The van der Waals surface area contributed by atoms with Gasteiger partial charge in [-0.2, -0.15) is 0 Å². The van der Waals surface area contributed by atoms with Gasteiger partial charge in [-0.1, -0.05) is 13.0 Å². The molecule has 0 bridgehead atoms. The molecular weight excluding hydrogens is 174 g/mol. The normalized spacial score (nSPS) is 32.0. The lowest BCUT2D eigenvalue weighted by molar-refractivity contribution is 0.163. The smallest absolute Gasteiger partial charge is 0.0545 e. The zero-order chi connectivity index (χ0) is 10.0. The van der Waals surface area contributed by atoms with Crippen LogP contribution in [0.3, 0.4) is 0 Å². The van der Waals surface area contributed by atoms with E-state index in [1.54, 1.807) is 6.20 Å². The van der Waals surface area contributed by atoms with Crippen molar-refractivity contribution in [3.05, 3.63) is 30.1 Å². The molecule has 1 aromatic rings. The van der Waals surface area contributed by atoms with Crippen molar-refractivity contribution in [1.29, 1.82) is 0 Å². The predicted molar refractivity (Wildman–Crippen MR) is 55.9 cm³/mol. The quantitative estimate of drug-likeness (QED) is 0.777. The molecule has 0 amide bonds. The molecule has 1 aromatic heterocycles. The van der Waals surface area contributed by atoms with Gasteiger partial charge in [-0.05, 0) is 42.7 Å². The van der Waals surface area contributed by atoms with E-state index in [1.165, 1.54) is 5.56 Å². The zero-order valence-electron chi connectivity index (χ0n) is 8.61. The van der Waals surface area contributed by atoms with E-state index in [2.05, 4.69) is 18.0 Å². The third kappa shape index (κ3) is 2.13. The second kappa shape index (κ2) is 3.70. The fourth-order valence-electron chi connectivity index (χ4n) is 2.44. The third-order valence-electron chi connectivity index (χ3n) is 3.16. The minimum absolute atomic E-state index is 0.0864. The Labute approximate surface area is 85.0 Å². The number of aromatic nitrogens is 1. The molecule has 0 radical (unpaired) electrons. The largest absolute Gasteiger partial charge is 0.393 e. The van der Waals surface area contributed by atoms with Gasteiger partial charge in [0, 0.05) is 12.4 Å². The van der Waals surface area contributed by atoms with Crippen LogP contribution in [-0.4, -0.2) is 16.2 Å². The Morgan fingerprint density at radius 2 is 2.50 bits per heavy atom. The van der Waals surface area contributed by atoms with Crippen LogP contribution in [0, 0.1) is 5.41 Å². The van der Waals surface area contributed by atoms with Gasteiger partial charge in [-0.15, -0.1) is 0 Å². The molecule has 1 heterocycles. The van der Waals surface area contributed by atoms with Crippen LogP contribution < -0.4 is 0 Å². The van der Waals surface area contributed by atoms with Crippen LogP contribution in [0.25, 0.3) is 0 Å². The Balaban J connectivity index is 2.04. The maximum Gasteiger partial charge on any atom is 0.0545 e. The Kier molecular flexibility index (Phi) is 2.55. The van der Waals surface area contributed by atoms with Gasteiger partial charge in [0.05, 0.1) is 6.10 Å². The summed E-state index contributed by atoms with van der Waals surface area (Å²) in [6.45, 7) is 2.26. The van der Waals surface area contributed by atoms with Crippen LogP contribution in [0.1, 0.15) is 31.7 Å². The summed E-state index contributed by atoms with van der Waals surface area (Å²) in [5, 5.41) is 9.53. The number of rotatable bonds is 2. The molecule has 0 aliphatic heterocycles. The summed E-state index contributed by atoms with van der Waals surface area (Å²) in [6.07, 6.45) is 7.70. The second-order valence-electron chi connectivity index (χ2n) is 4.75. The molecule has 1 N–H and O–H groups in total. The summed E-state index contributed by atoms with van der Waals surface area (Å²) in [5.74, 6) is 0. The van der Waals surface area contributed by atoms with Crippen molar-refractivity contribution in [2.24, 2.45) is 5.41 Å². The first-order chi connectivity index (χ1) is 6.68. The van der Waals surface area contributed by atoms with Gasteiger partial charge in [-0.3, -0.25) is 4.98 Å². The summed E-state index contributed by atoms with van der Waals surface area (Å²) < 4.78 is 0. The monoisotopic (exact) mass is 191 g/mol. The lowest BCUT2D eigenvalue weighted by Crippen LogP contribution is -2.16. The first kappa shape index (κ1) is 9.66. The van der Waals surface area contributed by atoms with Crippen molar-refractivity contribution in [3.8, 4) is 0 Å². The molecule has 2 heteroatoms. The van der Waals surface area contributed by atoms with E-state index in [1.807, 2.05) is 12.3 Å². The average molecular weight is 191 g/mol. The van der Waals surface area contributed by atoms with E-state index < -0.39 is 0 Å². The zero-order valence-corrected chi connectivity index (χ0v) is 8.61. The predicted octanol–water partition coefficient (Wildman–Crippen LogP) is 2.18. The van der Waals surface area contributed by atoms with E-state index in [0.717, 1.165) is 25.7 Å². The highest BCUT2D eigenvalue weighted by atomic mass is 16.3. The summed E-state index contributed by atoms with van der Waals surface area (Å²) in [4.78, 5) is 4.11. The van der Waals surface area contributed by atoms with E-state index in [-0.39, 0.29) is 11.5 Å². The van der Waals surface area contributed by atoms with Crippen molar-refractivity contribution >= 4 is 0 Å². The summed E-state index contributed by atoms with van der Waals surface area (Å²) in [6, 6.07) is 4.09. The number of aliphatic hydroxyl groups is 1. The minimum atomic E-state index is -0.0864. The van der Waals surface area contributed by atoms with Crippen LogP contribution in [-0.2, 0) is 6.42 Å². The van der Waals surface area contributed by atoms with Crippen LogP contribution in [0.5, 0.6) is 0 Å². The fourth-order valence-corrected chi connectivity index (χ4v) is 2.44. The summed E-state index contributed by atoms with van der Waals surface area (Å²) >= 11 is 0. The number of aliphatic hydroxyl groups excluding tert-OH is 1. The Morgan fingerprint density at radius 1 is 1.64 bits per heavy atom.